The van der Waals surface area contributed by atoms with Crippen LogP contribution in [0.3, 0.4) is 0 Å². The van der Waals surface area contributed by atoms with Crippen LogP contribution in [0.4, 0.5) is 28.7 Å². The minimum Gasteiger partial charge on any atom is -0.493 e. The number of nitrogens with zero attached hydrogens (tertiary/aromatic N) is 7. The van der Waals surface area contributed by atoms with Gasteiger partial charge in [-0.05, 0) is 73.9 Å². The predicted octanol–water partition coefficient (Wildman–Crippen LogP) is 11.4. The van der Waals surface area contributed by atoms with Crippen LogP contribution in [-0.4, -0.2) is 66.4 Å². The number of rotatable bonds is 21. The number of aromatic nitrogens is 3. The molecule has 5 aromatic rings. The molecule has 0 bridgehead atoms. The van der Waals surface area contributed by atoms with E-state index in [9.17, 15) is 25.9 Å². The van der Waals surface area contributed by atoms with Crippen LogP contribution in [0.1, 0.15) is 62.3 Å². The molecule has 0 atom stereocenters. The van der Waals surface area contributed by atoms with Crippen LogP contribution in [0.5, 0.6) is 11.5 Å². The summed E-state index contributed by atoms with van der Waals surface area (Å²) in [5.74, 6) is 1.23. The zero-order valence-corrected chi connectivity index (χ0v) is 37.4. The fourth-order valence-corrected chi connectivity index (χ4v) is 7.46. The molecule has 22 heteroatoms. The van der Waals surface area contributed by atoms with E-state index in [2.05, 4.69) is 37.7 Å². The zero-order valence-electron chi connectivity index (χ0n) is 32.7. The predicted molar refractivity (Wildman–Crippen MR) is 235 cm³/mol. The largest absolute Gasteiger partial charge is 0.493 e. The van der Waals surface area contributed by atoms with Crippen molar-refractivity contribution in [3.8, 4) is 11.5 Å². The number of nitrogens with one attached hydrogen (secondary N) is 1. The summed E-state index contributed by atoms with van der Waals surface area (Å²) in [6.45, 7) is 4.94. The van der Waals surface area contributed by atoms with Crippen LogP contribution in [-0.2, 0) is 33.1 Å². The van der Waals surface area contributed by atoms with E-state index < -0.39 is 30.9 Å². The lowest BCUT2D eigenvalue weighted by Crippen LogP contribution is -2.13. The highest BCUT2D eigenvalue weighted by Gasteiger charge is 2.19. The quantitative estimate of drug-likeness (QED) is 0.0354. The second-order valence-corrected chi connectivity index (χ2v) is 17.9. The van der Waals surface area contributed by atoms with Crippen molar-refractivity contribution in [3.05, 3.63) is 110 Å². The number of unbranched alkanes of at least 4 members (excludes halogenated alkanes) is 1. The molecule has 0 amide bonds. The fraction of sp³-hybridized carbons (Fsp3) is 0.308. The number of ether oxygens (including phenoxy) is 2. The van der Waals surface area contributed by atoms with Crippen LogP contribution in [0, 0.1) is 0 Å². The van der Waals surface area contributed by atoms with Crippen molar-refractivity contribution >= 4 is 95.3 Å². The van der Waals surface area contributed by atoms with Crippen molar-refractivity contribution < 1.29 is 35.4 Å². The standard InChI is InChI=1S/C39H40Cl4N8O8S2/c1-3-5-13-44-39-46-37(19-24-17-30(42)32(22-34(24)58-14-4-2)50-48-27-9-7-26(40)8-10-27)45-38(47-39)20-25-18-31(43)33(23-35(25)59-15-6-16-60(52,53)54)51-49-28-11-12-29(41)36(21-28)61(55,56)57/h7-12,17-18,21-23H,3-6,13-16,19-20H2,1-2H3,(H,52,53,54)(H,55,56,57)(H,44,45,46,47). The van der Waals surface area contributed by atoms with Crippen LogP contribution in [0.2, 0.25) is 20.1 Å². The van der Waals surface area contributed by atoms with E-state index in [0.29, 0.717) is 69.0 Å². The van der Waals surface area contributed by atoms with E-state index in [1.807, 2.05) is 6.92 Å². The van der Waals surface area contributed by atoms with Crippen LogP contribution < -0.4 is 14.8 Å². The summed E-state index contributed by atoms with van der Waals surface area (Å²) in [7, 11) is -8.90. The van der Waals surface area contributed by atoms with Crippen LogP contribution in [0.15, 0.2) is 92.1 Å². The van der Waals surface area contributed by atoms with E-state index in [0.717, 1.165) is 25.3 Å². The van der Waals surface area contributed by atoms with Crippen molar-refractivity contribution in [3.63, 3.8) is 0 Å². The molecule has 4 aromatic carbocycles. The molecule has 0 saturated carbocycles. The smallest absolute Gasteiger partial charge is 0.296 e. The molecule has 1 aromatic heterocycles. The Labute approximate surface area is 373 Å². The number of azo groups is 2. The Kier molecular flexibility index (Phi) is 17.1. The molecule has 1 heterocycles. The summed E-state index contributed by atoms with van der Waals surface area (Å²) >= 11 is 25.4. The maximum Gasteiger partial charge on any atom is 0.296 e. The average molecular weight is 955 g/mol. The van der Waals surface area contributed by atoms with Crippen molar-refractivity contribution in [1.82, 2.24) is 15.0 Å². The normalized spacial score (nSPS) is 12.1. The fourth-order valence-electron chi connectivity index (χ4n) is 5.41. The van der Waals surface area contributed by atoms with E-state index in [1.165, 1.54) is 18.2 Å². The zero-order chi connectivity index (χ0) is 44.2. The first-order valence-corrected chi connectivity index (χ1v) is 23.3. The topological polar surface area (TPSA) is 227 Å². The second-order valence-electron chi connectivity index (χ2n) is 13.3. The van der Waals surface area contributed by atoms with Gasteiger partial charge in [0, 0.05) is 47.7 Å². The summed E-state index contributed by atoms with van der Waals surface area (Å²) in [6, 6.07) is 17.0. The number of hydrogen-bond donors (Lipinski definition) is 3. The van der Waals surface area contributed by atoms with E-state index >= 15 is 0 Å². The monoisotopic (exact) mass is 952 g/mol. The molecular formula is C39H40Cl4N8O8S2. The molecule has 61 heavy (non-hydrogen) atoms. The molecule has 0 aliphatic heterocycles. The Bertz CT molecular complexity index is 2620. The number of halogens is 4. The third kappa shape index (κ3) is 14.8. The molecule has 16 nitrogen and oxygen atoms in total. The lowest BCUT2D eigenvalue weighted by Gasteiger charge is -2.15. The van der Waals surface area contributed by atoms with E-state index in [4.69, 9.17) is 65.8 Å². The molecule has 324 valence electrons. The van der Waals surface area contributed by atoms with Gasteiger partial charge in [0.15, 0.2) is 0 Å². The molecule has 0 radical (unpaired) electrons. The first-order chi connectivity index (χ1) is 29.0. The van der Waals surface area contributed by atoms with Gasteiger partial charge in [0.25, 0.3) is 20.2 Å². The number of hydrogen-bond acceptors (Lipinski definition) is 14. The lowest BCUT2D eigenvalue weighted by molar-refractivity contribution is 0.313. The van der Waals surface area contributed by atoms with Crippen LogP contribution >= 0.6 is 46.4 Å². The van der Waals surface area contributed by atoms with E-state index in [1.54, 1.807) is 42.5 Å². The highest BCUT2D eigenvalue weighted by Crippen LogP contribution is 2.38. The highest BCUT2D eigenvalue weighted by atomic mass is 35.5. The van der Waals surface area contributed by atoms with Crippen molar-refractivity contribution in [2.45, 2.75) is 57.3 Å². The Morgan fingerprint density at radius 3 is 1.74 bits per heavy atom. The Morgan fingerprint density at radius 2 is 1.20 bits per heavy atom. The van der Waals surface area contributed by atoms with Gasteiger partial charge < -0.3 is 14.8 Å². The maximum atomic E-state index is 11.8. The minimum absolute atomic E-state index is 0.0371. The lowest BCUT2D eigenvalue weighted by atomic mass is 10.1. The molecule has 0 aliphatic carbocycles. The summed E-state index contributed by atoms with van der Waals surface area (Å²) in [5.41, 5.74) is 2.29. The summed E-state index contributed by atoms with van der Waals surface area (Å²) < 4.78 is 77.3. The first kappa shape index (κ1) is 47.5. The summed E-state index contributed by atoms with van der Waals surface area (Å²) in [6.07, 6.45) is 2.72. The van der Waals surface area contributed by atoms with Gasteiger partial charge in [0.05, 0.1) is 45.4 Å². The molecule has 0 aliphatic rings. The van der Waals surface area contributed by atoms with Gasteiger partial charge in [-0.1, -0.05) is 66.7 Å². The van der Waals surface area contributed by atoms with Gasteiger partial charge >= 0.3 is 0 Å². The molecule has 3 N–H and O–H groups in total. The maximum absolute atomic E-state index is 11.8. The van der Waals surface area contributed by atoms with Gasteiger partial charge in [0.1, 0.15) is 39.4 Å². The Morgan fingerprint density at radius 1 is 0.639 bits per heavy atom. The molecule has 0 unspecified atom stereocenters. The Hall–Kier alpha value is -4.53. The van der Waals surface area contributed by atoms with Gasteiger partial charge in [-0.2, -0.15) is 37.0 Å². The van der Waals surface area contributed by atoms with Crippen molar-refractivity contribution in [1.29, 1.82) is 0 Å². The van der Waals surface area contributed by atoms with Crippen molar-refractivity contribution in [2.75, 3.05) is 30.8 Å². The van der Waals surface area contributed by atoms with Gasteiger partial charge in [0.2, 0.25) is 5.95 Å². The first-order valence-electron chi connectivity index (χ1n) is 18.7. The SMILES string of the molecule is CCCCNc1nc(Cc2cc(Cl)c(N=Nc3ccc(Cl)cc3)cc2OCCC)nc(Cc2cc(Cl)c(N=Nc3ccc(Cl)c(S(=O)(=O)O)c3)cc2OCCCS(=O)(=O)O)n1. The molecule has 0 fully saturated rings. The number of benzene rings is 4. The third-order valence-electron chi connectivity index (χ3n) is 8.33. The minimum atomic E-state index is -4.65. The van der Waals surface area contributed by atoms with Crippen molar-refractivity contribution in [2.24, 2.45) is 20.5 Å². The average Bonchev–Trinajstić information content (AvgIpc) is 3.19. The molecule has 0 saturated heterocycles. The molecule has 0 spiro atoms. The van der Waals surface area contributed by atoms with Gasteiger partial charge in [-0.15, -0.1) is 10.2 Å². The third-order valence-corrected chi connectivity index (χ3v) is 11.3. The van der Waals surface area contributed by atoms with Gasteiger partial charge in [-0.25, -0.2) is 4.98 Å². The summed E-state index contributed by atoms with van der Waals surface area (Å²) in [5, 5.41) is 20.9. The molecule has 5 rings (SSSR count). The summed E-state index contributed by atoms with van der Waals surface area (Å²) in [4.78, 5) is 13.6. The molecular weight excluding hydrogens is 914 g/mol. The Balaban J connectivity index is 1.50. The highest BCUT2D eigenvalue weighted by molar-refractivity contribution is 7.86. The second kappa shape index (κ2) is 22.0. The van der Waals surface area contributed by atoms with Crippen LogP contribution in [0.25, 0.3) is 0 Å². The van der Waals surface area contributed by atoms with E-state index in [-0.39, 0.29) is 53.0 Å². The van der Waals surface area contributed by atoms with Gasteiger partial charge in [-0.3, -0.25) is 9.11 Å². The number of anilines is 1.